The summed E-state index contributed by atoms with van der Waals surface area (Å²) in [6.45, 7) is 1.27. The topological polar surface area (TPSA) is 105 Å². The lowest BCUT2D eigenvalue weighted by atomic mass is 9.96. The van der Waals surface area contributed by atoms with Crippen LogP contribution in [0, 0.1) is 0 Å². The smallest absolute Gasteiger partial charge is 0.264 e. The van der Waals surface area contributed by atoms with Gasteiger partial charge in [0, 0.05) is 19.1 Å². The Bertz CT molecular complexity index is 952. The second kappa shape index (κ2) is 7.41. The molecule has 2 atom stereocenters. The molecule has 1 aromatic carbocycles. The van der Waals surface area contributed by atoms with E-state index in [4.69, 9.17) is 10.0 Å². The Hall–Kier alpha value is -2.23. The van der Waals surface area contributed by atoms with Crippen LogP contribution < -0.4 is 5.48 Å². The maximum Gasteiger partial charge on any atom is 0.264 e. The summed E-state index contributed by atoms with van der Waals surface area (Å²) in [5, 5.41) is 17.1. The van der Waals surface area contributed by atoms with Crippen LogP contribution in [0.25, 0.3) is 11.1 Å². The molecular formula is C18H20N2O5S2. The summed E-state index contributed by atoms with van der Waals surface area (Å²) in [6, 6.07) is 9.91. The predicted octanol–water partition coefficient (Wildman–Crippen LogP) is 2.61. The molecule has 1 aliphatic heterocycles. The summed E-state index contributed by atoms with van der Waals surface area (Å²) in [5.41, 5.74) is 5.25. The van der Waals surface area contributed by atoms with Crippen LogP contribution in [0.4, 0.5) is 0 Å². The normalized spacial score (nSPS) is 19.1. The molecule has 2 N–H and O–H groups in total. The number of carbonyl (C=O) groups is 1. The van der Waals surface area contributed by atoms with Crippen LogP contribution in [-0.2, 0) is 19.5 Å². The van der Waals surface area contributed by atoms with Crippen LogP contribution in [0.5, 0.6) is 0 Å². The van der Waals surface area contributed by atoms with E-state index in [2.05, 4.69) is 10.5 Å². The summed E-state index contributed by atoms with van der Waals surface area (Å²) in [7, 11) is -3.78. The molecule has 1 aliphatic rings. The second-order valence-corrected chi connectivity index (χ2v) is 9.93. The first-order valence-electron chi connectivity index (χ1n) is 8.24. The van der Waals surface area contributed by atoms with Crippen LogP contribution in [-0.4, -0.2) is 42.4 Å². The van der Waals surface area contributed by atoms with Gasteiger partial charge in [-0.3, -0.25) is 10.0 Å². The van der Waals surface area contributed by atoms with Crippen molar-refractivity contribution in [1.82, 2.24) is 5.48 Å². The first kappa shape index (κ1) is 19.5. The fourth-order valence-corrected chi connectivity index (χ4v) is 4.49. The molecule has 3 rings (SSSR count). The SMILES string of the molecule is CC(CC1CC(c2ccc(-c3ccsc3)cc2)=NO1)(C(=O)NO)S(C)(=O)=O. The number of hydrogen-bond acceptors (Lipinski definition) is 7. The van der Waals surface area contributed by atoms with Gasteiger partial charge in [-0.05, 0) is 40.4 Å². The number of oxime groups is 1. The number of carbonyl (C=O) groups excluding carboxylic acids is 1. The average Bonchev–Trinajstić information content (AvgIpc) is 3.32. The van der Waals surface area contributed by atoms with Gasteiger partial charge in [0.2, 0.25) is 0 Å². The van der Waals surface area contributed by atoms with Gasteiger partial charge in [0.1, 0.15) is 6.10 Å². The van der Waals surface area contributed by atoms with Crippen molar-refractivity contribution in [3.05, 3.63) is 46.7 Å². The number of hydroxylamine groups is 1. The molecule has 0 aliphatic carbocycles. The first-order valence-corrected chi connectivity index (χ1v) is 11.1. The zero-order chi connectivity index (χ0) is 19.7. The van der Waals surface area contributed by atoms with Crippen molar-refractivity contribution < 1.29 is 23.3 Å². The third-order valence-corrected chi connectivity index (χ3v) is 7.50. The van der Waals surface area contributed by atoms with Crippen molar-refractivity contribution in [2.45, 2.75) is 30.6 Å². The largest absolute Gasteiger partial charge is 0.392 e. The molecule has 27 heavy (non-hydrogen) atoms. The molecule has 0 saturated carbocycles. The van der Waals surface area contributed by atoms with Crippen molar-refractivity contribution in [3.63, 3.8) is 0 Å². The molecule has 7 nitrogen and oxygen atoms in total. The number of nitrogens with zero attached hydrogens (tertiary/aromatic N) is 1. The molecule has 144 valence electrons. The lowest BCUT2D eigenvalue weighted by Crippen LogP contribution is -2.51. The molecule has 1 aromatic heterocycles. The summed E-state index contributed by atoms with van der Waals surface area (Å²) >= 11 is 1.63. The van der Waals surface area contributed by atoms with Crippen LogP contribution in [0.15, 0.2) is 46.2 Å². The lowest BCUT2D eigenvalue weighted by Gasteiger charge is -2.26. The van der Waals surface area contributed by atoms with E-state index in [1.807, 2.05) is 35.7 Å². The number of thiophene rings is 1. The van der Waals surface area contributed by atoms with Crippen molar-refractivity contribution in [2.75, 3.05) is 6.26 Å². The fraction of sp³-hybridized carbons (Fsp3) is 0.333. The number of sulfone groups is 1. The van der Waals surface area contributed by atoms with E-state index in [0.717, 1.165) is 22.9 Å². The number of rotatable bonds is 6. The predicted molar refractivity (Wildman–Crippen MR) is 104 cm³/mol. The van der Waals surface area contributed by atoms with E-state index in [1.165, 1.54) is 12.4 Å². The minimum Gasteiger partial charge on any atom is -0.392 e. The molecule has 1 amide bonds. The van der Waals surface area contributed by atoms with Crippen molar-refractivity contribution in [3.8, 4) is 11.1 Å². The summed E-state index contributed by atoms with van der Waals surface area (Å²) < 4.78 is 22.4. The van der Waals surface area contributed by atoms with Crippen LogP contribution in [0.2, 0.25) is 0 Å². The fourth-order valence-electron chi connectivity index (χ4n) is 2.96. The van der Waals surface area contributed by atoms with Crippen LogP contribution in [0.3, 0.4) is 0 Å². The zero-order valence-corrected chi connectivity index (χ0v) is 16.5. The van der Waals surface area contributed by atoms with Gasteiger partial charge in [-0.2, -0.15) is 11.3 Å². The second-order valence-electron chi connectivity index (χ2n) is 6.71. The van der Waals surface area contributed by atoms with Crippen molar-refractivity contribution >= 4 is 32.8 Å². The quantitative estimate of drug-likeness (QED) is 0.565. The van der Waals surface area contributed by atoms with Crippen LogP contribution >= 0.6 is 11.3 Å². The van der Waals surface area contributed by atoms with Gasteiger partial charge in [0.05, 0.1) is 5.71 Å². The highest BCUT2D eigenvalue weighted by atomic mass is 32.2. The number of amides is 1. The molecule has 0 bridgehead atoms. The molecule has 0 fully saturated rings. The Morgan fingerprint density at radius 1 is 1.30 bits per heavy atom. The Labute approximate surface area is 161 Å². The molecular weight excluding hydrogens is 388 g/mol. The zero-order valence-electron chi connectivity index (χ0n) is 14.9. The van der Waals surface area contributed by atoms with Gasteiger partial charge in [0.15, 0.2) is 14.6 Å². The molecule has 2 aromatic rings. The molecule has 0 radical (unpaired) electrons. The van der Waals surface area contributed by atoms with E-state index in [1.54, 1.807) is 11.3 Å². The van der Waals surface area contributed by atoms with Gasteiger partial charge in [0.25, 0.3) is 5.91 Å². The standard InChI is InChI=1S/C18H20N2O5S2/c1-18(17(21)19-22,27(2,23)24)10-15-9-16(20-25-15)13-5-3-12(4-6-13)14-7-8-26-11-14/h3-8,11,15,22H,9-10H2,1-2H3,(H,19,21). The van der Waals surface area contributed by atoms with Gasteiger partial charge < -0.3 is 4.84 Å². The Morgan fingerprint density at radius 2 is 1.96 bits per heavy atom. The van der Waals surface area contributed by atoms with Gasteiger partial charge >= 0.3 is 0 Å². The highest BCUT2D eigenvalue weighted by Crippen LogP contribution is 2.30. The van der Waals surface area contributed by atoms with Crippen molar-refractivity contribution in [2.24, 2.45) is 5.16 Å². The molecule has 0 spiro atoms. The number of nitrogens with one attached hydrogen (secondary N) is 1. The Morgan fingerprint density at radius 3 is 2.52 bits per heavy atom. The van der Waals surface area contributed by atoms with E-state index < -0.39 is 26.6 Å². The maximum atomic E-state index is 12.1. The summed E-state index contributed by atoms with van der Waals surface area (Å²) in [6.07, 6.45) is 0.649. The summed E-state index contributed by atoms with van der Waals surface area (Å²) in [5.74, 6) is -0.984. The van der Waals surface area contributed by atoms with E-state index >= 15 is 0 Å². The van der Waals surface area contributed by atoms with E-state index in [9.17, 15) is 13.2 Å². The maximum absolute atomic E-state index is 12.1. The van der Waals surface area contributed by atoms with Crippen molar-refractivity contribution in [1.29, 1.82) is 0 Å². The Balaban J connectivity index is 1.72. The number of benzene rings is 1. The molecule has 0 saturated heterocycles. The highest BCUT2D eigenvalue weighted by molar-refractivity contribution is 7.92. The average molecular weight is 409 g/mol. The highest BCUT2D eigenvalue weighted by Gasteiger charge is 2.47. The Kier molecular flexibility index (Phi) is 5.36. The number of hydrogen-bond donors (Lipinski definition) is 2. The minimum absolute atomic E-state index is 0.113. The van der Waals surface area contributed by atoms with E-state index in [-0.39, 0.29) is 6.42 Å². The van der Waals surface area contributed by atoms with Gasteiger partial charge in [-0.15, -0.1) is 0 Å². The molecule has 9 heteroatoms. The van der Waals surface area contributed by atoms with Crippen LogP contribution in [0.1, 0.15) is 25.3 Å². The van der Waals surface area contributed by atoms with Gasteiger partial charge in [-0.25, -0.2) is 13.9 Å². The minimum atomic E-state index is -3.78. The first-order chi connectivity index (χ1) is 12.7. The third kappa shape index (κ3) is 3.90. The summed E-state index contributed by atoms with van der Waals surface area (Å²) in [4.78, 5) is 17.3. The molecule has 2 heterocycles. The third-order valence-electron chi connectivity index (χ3n) is 4.82. The molecule has 2 unspecified atom stereocenters. The monoisotopic (exact) mass is 408 g/mol. The van der Waals surface area contributed by atoms with Gasteiger partial charge in [-0.1, -0.05) is 29.4 Å². The lowest BCUT2D eigenvalue weighted by molar-refractivity contribution is -0.132. The van der Waals surface area contributed by atoms with E-state index in [0.29, 0.717) is 12.1 Å².